The van der Waals surface area contributed by atoms with Crippen molar-refractivity contribution >= 4 is 5.70 Å². The monoisotopic (exact) mass is 153 g/mol. The Morgan fingerprint density at radius 3 is 2.55 bits per heavy atom. The summed E-state index contributed by atoms with van der Waals surface area (Å²) in [7, 11) is 3.77. The van der Waals surface area contributed by atoms with Crippen molar-refractivity contribution in [2.45, 2.75) is 6.92 Å². The van der Waals surface area contributed by atoms with Crippen molar-refractivity contribution in [1.82, 2.24) is 15.0 Å². The van der Waals surface area contributed by atoms with Gasteiger partial charge in [0.2, 0.25) is 11.7 Å². The molecular weight excluding hydrogens is 142 g/mol. The molecular formula is C7H11N3O. The summed E-state index contributed by atoms with van der Waals surface area (Å²) in [5.74, 6) is 1.11. The third-order valence-corrected chi connectivity index (χ3v) is 1.33. The highest BCUT2D eigenvalue weighted by Gasteiger charge is 2.07. The highest BCUT2D eigenvalue weighted by molar-refractivity contribution is 5.53. The first-order valence-corrected chi connectivity index (χ1v) is 3.28. The van der Waals surface area contributed by atoms with Crippen LogP contribution in [0.1, 0.15) is 11.7 Å². The zero-order chi connectivity index (χ0) is 8.43. The van der Waals surface area contributed by atoms with Crippen molar-refractivity contribution in [3.63, 3.8) is 0 Å². The van der Waals surface area contributed by atoms with Crippen LogP contribution in [0, 0.1) is 6.92 Å². The minimum absolute atomic E-state index is 0.549. The fourth-order valence-electron chi connectivity index (χ4n) is 0.616. The van der Waals surface area contributed by atoms with Gasteiger partial charge in [-0.15, -0.1) is 0 Å². The van der Waals surface area contributed by atoms with Crippen molar-refractivity contribution in [2.75, 3.05) is 14.1 Å². The van der Waals surface area contributed by atoms with Crippen LogP contribution in [0.2, 0.25) is 0 Å². The molecule has 0 saturated carbocycles. The van der Waals surface area contributed by atoms with Crippen LogP contribution in [0.4, 0.5) is 0 Å². The van der Waals surface area contributed by atoms with Crippen molar-refractivity contribution in [1.29, 1.82) is 0 Å². The molecule has 0 saturated heterocycles. The molecule has 0 aliphatic carbocycles. The van der Waals surface area contributed by atoms with E-state index in [-0.39, 0.29) is 0 Å². The van der Waals surface area contributed by atoms with E-state index < -0.39 is 0 Å². The predicted molar refractivity (Wildman–Crippen MR) is 41.8 cm³/mol. The standard InChI is InChI=1S/C7H11N3O/c1-5(10(3)4)7-8-6(2)11-9-7/h1H2,2-4H3. The van der Waals surface area contributed by atoms with Gasteiger partial charge in [-0.3, -0.25) is 0 Å². The average molecular weight is 153 g/mol. The fourth-order valence-corrected chi connectivity index (χ4v) is 0.616. The number of aromatic nitrogens is 2. The van der Waals surface area contributed by atoms with Gasteiger partial charge in [0, 0.05) is 21.0 Å². The molecule has 1 aromatic heterocycles. The largest absolute Gasteiger partial charge is 0.375 e. The molecule has 4 nitrogen and oxygen atoms in total. The molecule has 1 aromatic rings. The van der Waals surface area contributed by atoms with Gasteiger partial charge in [0.1, 0.15) is 0 Å². The Labute approximate surface area is 65.5 Å². The van der Waals surface area contributed by atoms with Crippen LogP contribution >= 0.6 is 0 Å². The average Bonchev–Trinajstić information content (AvgIpc) is 2.34. The smallest absolute Gasteiger partial charge is 0.223 e. The van der Waals surface area contributed by atoms with E-state index in [1.165, 1.54) is 0 Å². The maximum absolute atomic E-state index is 4.79. The van der Waals surface area contributed by atoms with Gasteiger partial charge in [-0.2, -0.15) is 4.98 Å². The van der Waals surface area contributed by atoms with Crippen LogP contribution in [0.5, 0.6) is 0 Å². The summed E-state index contributed by atoms with van der Waals surface area (Å²) >= 11 is 0. The lowest BCUT2D eigenvalue weighted by atomic mass is 10.4. The van der Waals surface area contributed by atoms with Gasteiger partial charge in [-0.1, -0.05) is 11.7 Å². The molecule has 11 heavy (non-hydrogen) atoms. The highest BCUT2D eigenvalue weighted by Crippen LogP contribution is 2.08. The van der Waals surface area contributed by atoms with Crippen LogP contribution in [0.15, 0.2) is 11.1 Å². The molecule has 0 amide bonds. The van der Waals surface area contributed by atoms with E-state index in [0.717, 1.165) is 5.70 Å². The Bertz CT molecular complexity index is 264. The zero-order valence-corrected chi connectivity index (χ0v) is 6.96. The summed E-state index contributed by atoms with van der Waals surface area (Å²) in [6, 6.07) is 0. The zero-order valence-electron chi connectivity index (χ0n) is 6.96. The lowest BCUT2D eigenvalue weighted by Crippen LogP contribution is -2.09. The molecule has 0 unspecified atom stereocenters. The predicted octanol–water partition coefficient (Wildman–Crippen LogP) is 0.910. The summed E-state index contributed by atoms with van der Waals surface area (Å²) in [5.41, 5.74) is 0.752. The maximum Gasteiger partial charge on any atom is 0.223 e. The highest BCUT2D eigenvalue weighted by atomic mass is 16.5. The Morgan fingerprint density at radius 1 is 1.55 bits per heavy atom. The van der Waals surface area contributed by atoms with Crippen LogP contribution in [-0.2, 0) is 0 Å². The van der Waals surface area contributed by atoms with E-state index in [4.69, 9.17) is 4.52 Å². The minimum Gasteiger partial charge on any atom is -0.375 e. The molecule has 0 fully saturated rings. The molecule has 0 spiro atoms. The molecule has 0 N–H and O–H groups in total. The number of aryl methyl sites for hydroxylation is 1. The van der Waals surface area contributed by atoms with E-state index in [1.807, 2.05) is 19.0 Å². The Balaban J connectivity index is 2.85. The normalized spacial score (nSPS) is 9.73. The molecule has 0 aliphatic heterocycles. The van der Waals surface area contributed by atoms with Gasteiger partial charge in [0.15, 0.2) is 0 Å². The molecule has 0 bridgehead atoms. The van der Waals surface area contributed by atoms with E-state index in [0.29, 0.717) is 11.7 Å². The number of hydrogen-bond donors (Lipinski definition) is 0. The van der Waals surface area contributed by atoms with Crippen LogP contribution in [0.25, 0.3) is 5.70 Å². The molecule has 1 rings (SSSR count). The SMILES string of the molecule is C=C(c1noc(C)n1)N(C)C. The van der Waals surface area contributed by atoms with Crippen molar-refractivity contribution in [2.24, 2.45) is 0 Å². The maximum atomic E-state index is 4.79. The summed E-state index contributed by atoms with van der Waals surface area (Å²) in [6.07, 6.45) is 0. The van der Waals surface area contributed by atoms with Gasteiger partial charge in [0.25, 0.3) is 0 Å². The number of hydrogen-bond acceptors (Lipinski definition) is 4. The summed E-state index contributed by atoms with van der Waals surface area (Å²) in [6.45, 7) is 5.53. The van der Waals surface area contributed by atoms with Gasteiger partial charge in [-0.05, 0) is 0 Å². The second-order valence-electron chi connectivity index (χ2n) is 2.48. The lowest BCUT2D eigenvalue weighted by Gasteiger charge is -2.10. The quantitative estimate of drug-likeness (QED) is 0.633. The van der Waals surface area contributed by atoms with E-state index in [9.17, 15) is 0 Å². The summed E-state index contributed by atoms with van der Waals surface area (Å²) in [4.78, 5) is 5.85. The van der Waals surface area contributed by atoms with Crippen molar-refractivity contribution in [3.8, 4) is 0 Å². The van der Waals surface area contributed by atoms with Crippen LogP contribution < -0.4 is 0 Å². The van der Waals surface area contributed by atoms with Gasteiger partial charge in [0.05, 0.1) is 5.70 Å². The Hall–Kier alpha value is -1.32. The molecule has 60 valence electrons. The molecule has 1 heterocycles. The first-order chi connectivity index (χ1) is 5.11. The van der Waals surface area contributed by atoms with E-state index in [1.54, 1.807) is 6.92 Å². The minimum atomic E-state index is 0.549. The second kappa shape index (κ2) is 2.74. The Morgan fingerprint density at radius 2 is 2.18 bits per heavy atom. The first kappa shape index (κ1) is 7.78. The third kappa shape index (κ3) is 1.58. The molecule has 4 heteroatoms. The number of rotatable bonds is 2. The van der Waals surface area contributed by atoms with Gasteiger partial charge >= 0.3 is 0 Å². The summed E-state index contributed by atoms with van der Waals surface area (Å²) < 4.78 is 4.79. The first-order valence-electron chi connectivity index (χ1n) is 3.28. The molecule has 0 aromatic carbocycles. The third-order valence-electron chi connectivity index (χ3n) is 1.33. The van der Waals surface area contributed by atoms with Gasteiger partial charge < -0.3 is 9.42 Å². The summed E-state index contributed by atoms with van der Waals surface area (Å²) in [5, 5.41) is 3.71. The second-order valence-corrected chi connectivity index (χ2v) is 2.48. The van der Waals surface area contributed by atoms with Crippen molar-refractivity contribution in [3.05, 3.63) is 18.3 Å². The molecule has 0 aliphatic rings. The van der Waals surface area contributed by atoms with Gasteiger partial charge in [-0.25, -0.2) is 0 Å². The van der Waals surface area contributed by atoms with Crippen molar-refractivity contribution < 1.29 is 4.52 Å². The Kier molecular flexibility index (Phi) is 1.94. The fraction of sp³-hybridized carbons (Fsp3) is 0.429. The van der Waals surface area contributed by atoms with E-state index >= 15 is 0 Å². The van der Waals surface area contributed by atoms with E-state index in [2.05, 4.69) is 16.7 Å². The molecule has 0 atom stereocenters. The van der Waals surface area contributed by atoms with Crippen LogP contribution in [0.3, 0.4) is 0 Å². The topological polar surface area (TPSA) is 42.2 Å². The van der Waals surface area contributed by atoms with Crippen LogP contribution in [-0.4, -0.2) is 29.1 Å². The lowest BCUT2D eigenvalue weighted by molar-refractivity contribution is 0.389. The molecule has 0 radical (unpaired) electrons. The number of nitrogens with zero attached hydrogens (tertiary/aromatic N) is 3.